The van der Waals surface area contributed by atoms with Gasteiger partial charge in [0.2, 0.25) is 10.7 Å². The summed E-state index contributed by atoms with van der Waals surface area (Å²) in [4.78, 5) is -0.193. The Labute approximate surface area is 110 Å². The molecule has 2 aromatic rings. The van der Waals surface area contributed by atoms with E-state index in [1.54, 1.807) is 23.5 Å². The number of aromatic nitrogens is 1. The molecule has 0 saturated heterocycles. The summed E-state index contributed by atoms with van der Waals surface area (Å²) in [6.45, 7) is 4.94. The van der Waals surface area contributed by atoms with Gasteiger partial charge in [-0.15, -0.1) is 0 Å². The SMILES string of the molecule is CC[n+]1c(-c2ccc(S(=O)(=O)[O-])cc2)csc1C. The summed E-state index contributed by atoms with van der Waals surface area (Å²) in [7, 11) is -4.37. The Balaban J connectivity index is 2.47. The van der Waals surface area contributed by atoms with Crippen molar-refractivity contribution in [3.63, 3.8) is 0 Å². The highest BCUT2D eigenvalue weighted by atomic mass is 32.2. The number of nitrogens with zero attached hydrogens (tertiary/aromatic N) is 1. The molecule has 0 N–H and O–H groups in total. The average molecular weight is 283 g/mol. The molecular weight excluding hydrogens is 270 g/mol. The summed E-state index contributed by atoms with van der Waals surface area (Å²) in [6, 6.07) is 6.03. The Morgan fingerprint density at radius 2 is 1.89 bits per heavy atom. The molecular formula is C12H13NO3S2. The highest BCUT2D eigenvalue weighted by Gasteiger charge is 2.17. The fourth-order valence-corrected chi connectivity index (χ4v) is 3.22. The van der Waals surface area contributed by atoms with Crippen molar-refractivity contribution in [2.75, 3.05) is 0 Å². The molecule has 0 atom stereocenters. The van der Waals surface area contributed by atoms with Crippen molar-refractivity contribution in [3.05, 3.63) is 34.7 Å². The summed E-state index contributed by atoms with van der Waals surface area (Å²) in [5.41, 5.74) is 1.95. The van der Waals surface area contributed by atoms with E-state index in [9.17, 15) is 13.0 Å². The first-order valence-corrected chi connectivity index (χ1v) is 7.76. The lowest BCUT2D eigenvalue weighted by Gasteiger charge is -2.06. The van der Waals surface area contributed by atoms with E-state index in [2.05, 4.69) is 11.5 Å². The van der Waals surface area contributed by atoms with Crippen LogP contribution in [0, 0.1) is 6.92 Å². The van der Waals surface area contributed by atoms with Crippen molar-refractivity contribution in [2.24, 2.45) is 0 Å². The number of hydrogen-bond donors (Lipinski definition) is 0. The van der Waals surface area contributed by atoms with Gasteiger partial charge in [-0.2, -0.15) is 4.57 Å². The molecule has 96 valence electrons. The van der Waals surface area contributed by atoms with Gasteiger partial charge < -0.3 is 4.55 Å². The van der Waals surface area contributed by atoms with Crippen LogP contribution in [0.2, 0.25) is 0 Å². The lowest BCUT2D eigenvalue weighted by molar-refractivity contribution is -0.683. The van der Waals surface area contributed by atoms with Crippen LogP contribution in [0.15, 0.2) is 34.5 Å². The first-order chi connectivity index (χ1) is 8.43. The van der Waals surface area contributed by atoms with Gasteiger partial charge in [0.1, 0.15) is 16.7 Å². The molecule has 18 heavy (non-hydrogen) atoms. The van der Waals surface area contributed by atoms with E-state index in [1.807, 2.05) is 12.3 Å². The zero-order valence-corrected chi connectivity index (χ0v) is 11.7. The molecule has 1 aromatic carbocycles. The predicted molar refractivity (Wildman–Crippen MR) is 68.3 cm³/mol. The minimum Gasteiger partial charge on any atom is -0.744 e. The molecule has 0 aliphatic heterocycles. The van der Waals surface area contributed by atoms with E-state index in [0.717, 1.165) is 17.8 Å². The molecule has 0 aliphatic rings. The second kappa shape index (κ2) is 4.79. The molecule has 2 rings (SSSR count). The topological polar surface area (TPSA) is 61.1 Å². The largest absolute Gasteiger partial charge is 0.744 e. The van der Waals surface area contributed by atoms with Crippen LogP contribution in [-0.4, -0.2) is 13.0 Å². The second-order valence-electron chi connectivity index (χ2n) is 3.86. The van der Waals surface area contributed by atoms with Gasteiger partial charge in [-0.1, -0.05) is 11.3 Å². The first-order valence-electron chi connectivity index (χ1n) is 5.47. The molecule has 1 heterocycles. The zero-order valence-electron chi connectivity index (χ0n) is 10.1. The summed E-state index contributed by atoms with van der Waals surface area (Å²) < 4.78 is 34.7. The predicted octanol–water partition coefficient (Wildman–Crippen LogP) is 1.94. The van der Waals surface area contributed by atoms with Crippen molar-refractivity contribution in [1.29, 1.82) is 0 Å². The van der Waals surface area contributed by atoms with Gasteiger partial charge in [-0.05, 0) is 31.2 Å². The lowest BCUT2D eigenvalue weighted by atomic mass is 10.2. The number of rotatable bonds is 3. The van der Waals surface area contributed by atoms with Gasteiger partial charge in [0, 0.05) is 12.5 Å². The maximum Gasteiger partial charge on any atom is 0.234 e. The highest BCUT2D eigenvalue weighted by molar-refractivity contribution is 7.85. The maximum absolute atomic E-state index is 10.8. The van der Waals surface area contributed by atoms with Crippen LogP contribution in [0.25, 0.3) is 11.3 Å². The minimum absolute atomic E-state index is 0.193. The fraction of sp³-hybridized carbons (Fsp3) is 0.250. The summed E-state index contributed by atoms with van der Waals surface area (Å²) in [5.74, 6) is 0. The summed E-state index contributed by atoms with van der Waals surface area (Å²) in [6.07, 6.45) is 0. The number of hydrogen-bond acceptors (Lipinski definition) is 4. The van der Waals surface area contributed by atoms with Gasteiger partial charge in [0.25, 0.3) is 0 Å². The second-order valence-corrected chi connectivity index (χ2v) is 6.30. The highest BCUT2D eigenvalue weighted by Crippen LogP contribution is 2.21. The van der Waals surface area contributed by atoms with E-state index in [-0.39, 0.29) is 4.90 Å². The monoisotopic (exact) mass is 283 g/mol. The van der Waals surface area contributed by atoms with Crippen LogP contribution in [0.5, 0.6) is 0 Å². The molecule has 0 unspecified atom stereocenters. The summed E-state index contributed by atoms with van der Waals surface area (Å²) in [5, 5.41) is 3.22. The Morgan fingerprint density at radius 1 is 1.28 bits per heavy atom. The van der Waals surface area contributed by atoms with Crippen LogP contribution in [-0.2, 0) is 16.7 Å². The molecule has 0 saturated carbocycles. The molecule has 4 nitrogen and oxygen atoms in total. The van der Waals surface area contributed by atoms with Crippen molar-refractivity contribution < 1.29 is 17.5 Å². The third kappa shape index (κ3) is 2.45. The fourth-order valence-electron chi connectivity index (χ4n) is 1.85. The van der Waals surface area contributed by atoms with Crippen LogP contribution in [0.4, 0.5) is 0 Å². The number of aryl methyl sites for hydroxylation is 1. The van der Waals surface area contributed by atoms with Crippen molar-refractivity contribution in [2.45, 2.75) is 25.3 Å². The molecule has 1 aromatic heterocycles. The van der Waals surface area contributed by atoms with Crippen molar-refractivity contribution in [1.82, 2.24) is 0 Å². The molecule has 0 radical (unpaired) electrons. The Kier molecular flexibility index (Phi) is 3.52. The average Bonchev–Trinajstić information content (AvgIpc) is 2.69. The van der Waals surface area contributed by atoms with Crippen LogP contribution < -0.4 is 4.57 Å². The van der Waals surface area contributed by atoms with E-state index in [1.165, 1.54) is 17.1 Å². The summed E-state index contributed by atoms with van der Waals surface area (Å²) >= 11 is 1.64. The molecule has 0 spiro atoms. The van der Waals surface area contributed by atoms with Gasteiger partial charge in [-0.25, -0.2) is 8.42 Å². The molecule has 0 bridgehead atoms. The van der Waals surface area contributed by atoms with Crippen LogP contribution >= 0.6 is 11.3 Å². The smallest absolute Gasteiger partial charge is 0.234 e. The Hall–Kier alpha value is -1.24. The molecule has 0 fully saturated rings. The molecule has 0 amide bonds. The molecule has 0 aliphatic carbocycles. The quantitative estimate of drug-likeness (QED) is 0.639. The molecule has 6 heteroatoms. The number of benzene rings is 1. The Bertz CT molecular complexity index is 657. The Morgan fingerprint density at radius 3 is 2.39 bits per heavy atom. The standard InChI is InChI=1S/C12H13NO3S2/c1-3-13-9(2)17-8-12(13)10-4-6-11(7-5-10)18(14,15)16/h4-8H,3H2,1-2H3. The van der Waals surface area contributed by atoms with Gasteiger partial charge >= 0.3 is 0 Å². The van der Waals surface area contributed by atoms with Gasteiger partial charge in [0.15, 0.2) is 0 Å². The van der Waals surface area contributed by atoms with Crippen molar-refractivity contribution >= 4 is 21.5 Å². The lowest BCUT2D eigenvalue weighted by Crippen LogP contribution is -2.35. The van der Waals surface area contributed by atoms with Crippen LogP contribution in [0.1, 0.15) is 11.9 Å². The third-order valence-electron chi connectivity index (χ3n) is 2.77. The number of thiazole rings is 1. The van der Waals surface area contributed by atoms with Crippen LogP contribution in [0.3, 0.4) is 0 Å². The first kappa shape index (κ1) is 13.2. The van der Waals surface area contributed by atoms with E-state index in [4.69, 9.17) is 0 Å². The minimum atomic E-state index is -4.37. The van der Waals surface area contributed by atoms with Crippen molar-refractivity contribution in [3.8, 4) is 11.3 Å². The maximum atomic E-state index is 10.8. The van der Waals surface area contributed by atoms with E-state index in [0.29, 0.717) is 0 Å². The van der Waals surface area contributed by atoms with E-state index >= 15 is 0 Å². The van der Waals surface area contributed by atoms with E-state index < -0.39 is 10.1 Å². The van der Waals surface area contributed by atoms with Gasteiger partial charge in [-0.3, -0.25) is 0 Å². The zero-order chi connectivity index (χ0) is 13.3. The van der Waals surface area contributed by atoms with Gasteiger partial charge in [0.05, 0.1) is 10.3 Å². The normalized spacial score (nSPS) is 11.7. The third-order valence-corrected chi connectivity index (χ3v) is 4.52.